The Balaban J connectivity index is 1.79. The SMILES string of the molecule is CC12CCCC1=NOC2Cc1ccccc1. The molecule has 84 valence electrons. The average molecular weight is 215 g/mol. The lowest BCUT2D eigenvalue weighted by Gasteiger charge is -2.25. The smallest absolute Gasteiger partial charge is 0.142 e. The second kappa shape index (κ2) is 3.62. The third kappa shape index (κ3) is 1.44. The molecule has 0 amide bonds. The molecular weight excluding hydrogens is 198 g/mol. The molecule has 2 heteroatoms. The van der Waals surface area contributed by atoms with Gasteiger partial charge in [0, 0.05) is 11.8 Å². The molecule has 2 aliphatic rings. The maximum absolute atomic E-state index is 5.61. The Morgan fingerprint density at radius 3 is 3.00 bits per heavy atom. The second-order valence-electron chi connectivity index (χ2n) is 5.09. The van der Waals surface area contributed by atoms with Crippen LogP contribution in [0.2, 0.25) is 0 Å². The fourth-order valence-corrected chi connectivity index (χ4v) is 2.88. The van der Waals surface area contributed by atoms with Crippen molar-refractivity contribution in [3.8, 4) is 0 Å². The maximum atomic E-state index is 5.61. The van der Waals surface area contributed by atoms with Gasteiger partial charge < -0.3 is 4.84 Å². The minimum absolute atomic E-state index is 0.204. The monoisotopic (exact) mass is 215 g/mol. The summed E-state index contributed by atoms with van der Waals surface area (Å²) in [5, 5.41) is 4.26. The molecule has 0 bridgehead atoms. The van der Waals surface area contributed by atoms with Crippen molar-refractivity contribution in [3.05, 3.63) is 35.9 Å². The van der Waals surface area contributed by atoms with E-state index in [9.17, 15) is 0 Å². The number of fused-ring (bicyclic) bond motifs is 1. The standard InChI is InChI=1S/C14H17NO/c1-14-9-5-8-12(14)15-16-13(14)10-11-6-3-2-4-7-11/h2-4,6-7,13H,5,8-10H2,1H3. The molecule has 0 saturated heterocycles. The summed E-state index contributed by atoms with van der Waals surface area (Å²) in [6, 6.07) is 10.6. The zero-order valence-corrected chi connectivity index (χ0v) is 9.65. The minimum Gasteiger partial charge on any atom is -0.391 e. The van der Waals surface area contributed by atoms with Gasteiger partial charge in [-0.2, -0.15) is 0 Å². The zero-order chi connectivity index (χ0) is 11.0. The number of nitrogens with zero attached hydrogens (tertiary/aromatic N) is 1. The summed E-state index contributed by atoms with van der Waals surface area (Å²) in [4.78, 5) is 5.61. The maximum Gasteiger partial charge on any atom is 0.142 e. The Morgan fingerprint density at radius 1 is 1.38 bits per heavy atom. The molecule has 1 aromatic carbocycles. The lowest BCUT2D eigenvalue weighted by Crippen LogP contribution is -2.33. The fourth-order valence-electron chi connectivity index (χ4n) is 2.88. The highest BCUT2D eigenvalue weighted by molar-refractivity contribution is 5.92. The van der Waals surface area contributed by atoms with Crippen LogP contribution in [0.4, 0.5) is 0 Å². The van der Waals surface area contributed by atoms with Crippen LogP contribution in [-0.4, -0.2) is 11.8 Å². The van der Waals surface area contributed by atoms with Gasteiger partial charge in [0.05, 0.1) is 5.71 Å². The number of hydrogen-bond acceptors (Lipinski definition) is 2. The van der Waals surface area contributed by atoms with Crippen LogP contribution in [0.25, 0.3) is 0 Å². The van der Waals surface area contributed by atoms with Gasteiger partial charge in [0.1, 0.15) is 6.10 Å². The third-order valence-electron chi connectivity index (χ3n) is 4.03. The Labute approximate surface area is 96.3 Å². The molecule has 16 heavy (non-hydrogen) atoms. The van der Waals surface area contributed by atoms with Gasteiger partial charge >= 0.3 is 0 Å². The van der Waals surface area contributed by atoms with Crippen LogP contribution >= 0.6 is 0 Å². The van der Waals surface area contributed by atoms with Crippen molar-refractivity contribution in [3.63, 3.8) is 0 Å². The molecule has 1 fully saturated rings. The molecule has 1 aliphatic heterocycles. The second-order valence-corrected chi connectivity index (χ2v) is 5.09. The van der Waals surface area contributed by atoms with E-state index in [0.29, 0.717) is 0 Å². The van der Waals surface area contributed by atoms with Gasteiger partial charge in [0.25, 0.3) is 0 Å². The summed E-state index contributed by atoms with van der Waals surface area (Å²) < 4.78 is 0. The van der Waals surface area contributed by atoms with Crippen molar-refractivity contribution < 1.29 is 4.84 Å². The highest BCUT2D eigenvalue weighted by Gasteiger charge is 2.48. The van der Waals surface area contributed by atoms with Crippen LogP contribution < -0.4 is 0 Å². The van der Waals surface area contributed by atoms with Crippen LogP contribution in [0.15, 0.2) is 35.5 Å². The number of hydrogen-bond donors (Lipinski definition) is 0. The van der Waals surface area contributed by atoms with Gasteiger partial charge in [-0.25, -0.2) is 0 Å². The molecule has 0 radical (unpaired) electrons. The normalized spacial score (nSPS) is 32.1. The summed E-state index contributed by atoms with van der Waals surface area (Å²) in [6.45, 7) is 2.31. The molecule has 0 N–H and O–H groups in total. The molecule has 1 saturated carbocycles. The van der Waals surface area contributed by atoms with Crippen LogP contribution in [0.3, 0.4) is 0 Å². The van der Waals surface area contributed by atoms with E-state index in [4.69, 9.17) is 4.84 Å². The van der Waals surface area contributed by atoms with Gasteiger partial charge in [-0.3, -0.25) is 0 Å². The molecule has 0 aromatic heterocycles. The molecule has 1 heterocycles. The zero-order valence-electron chi connectivity index (χ0n) is 9.65. The number of rotatable bonds is 2. The average Bonchev–Trinajstić information content (AvgIpc) is 2.80. The van der Waals surface area contributed by atoms with Crippen molar-refractivity contribution in [1.82, 2.24) is 0 Å². The first-order valence-corrected chi connectivity index (χ1v) is 6.06. The molecule has 2 nitrogen and oxygen atoms in total. The third-order valence-corrected chi connectivity index (χ3v) is 4.03. The number of oxime groups is 1. The Morgan fingerprint density at radius 2 is 2.19 bits per heavy atom. The Hall–Kier alpha value is -1.31. The van der Waals surface area contributed by atoms with Crippen LogP contribution in [-0.2, 0) is 11.3 Å². The van der Waals surface area contributed by atoms with E-state index in [1.165, 1.54) is 24.1 Å². The van der Waals surface area contributed by atoms with Crippen molar-refractivity contribution in [2.24, 2.45) is 10.6 Å². The van der Waals surface area contributed by atoms with Crippen molar-refractivity contribution in [1.29, 1.82) is 0 Å². The summed E-state index contributed by atoms with van der Waals surface area (Å²) >= 11 is 0. The molecule has 0 spiro atoms. The Bertz CT molecular complexity index is 412. The van der Waals surface area contributed by atoms with Gasteiger partial charge in [-0.05, 0) is 24.8 Å². The van der Waals surface area contributed by atoms with E-state index >= 15 is 0 Å². The van der Waals surface area contributed by atoms with E-state index in [2.05, 4.69) is 42.4 Å². The summed E-state index contributed by atoms with van der Waals surface area (Å²) in [7, 11) is 0. The molecule has 2 unspecified atom stereocenters. The summed E-state index contributed by atoms with van der Waals surface area (Å²) in [5.41, 5.74) is 2.83. The van der Waals surface area contributed by atoms with E-state index in [0.717, 1.165) is 12.8 Å². The summed E-state index contributed by atoms with van der Waals surface area (Å²) in [5.74, 6) is 0. The molecule has 3 rings (SSSR count). The topological polar surface area (TPSA) is 21.6 Å². The molecule has 1 aliphatic carbocycles. The Kier molecular flexibility index (Phi) is 2.23. The van der Waals surface area contributed by atoms with Crippen LogP contribution in [0.5, 0.6) is 0 Å². The van der Waals surface area contributed by atoms with Gasteiger partial charge in [-0.1, -0.05) is 42.4 Å². The highest BCUT2D eigenvalue weighted by Crippen LogP contribution is 2.44. The molecule has 2 atom stereocenters. The largest absolute Gasteiger partial charge is 0.391 e. The van der Waals surface area contributed by atoms with E-state index in [1.54, 1.807) is 0 Å². The van der Waals surface area contributed by atoms with Crippen molar-refractivity contribution in [2.75, 3.05) is 0 Å². The van der Waals surface area contributed by atoms with Crippen LogP contribution in [0, 0.1) is 5.41 Å². The summed E-state index contributed by atoms with van der Waals surface area (Å²) in [6.07, 6.45) is 4.84. The lowest BCUT2D eigenvalue weighted by molar-refractivity contribution is 0.0288. The van der Waals surface area contributed by atoms with Gasteiger partial charge in [0.2, 0.25) is 0 Å². The first-order chi connectivity index (χ1) is 7.79. The lowest BCUT2D eigenvalue weighted by atomic mass is 9.79. The van der Waals surface area contributed by atoms with Gasteiger partial charge in [-0.15, -0.1) is 0 Å². The molecular formula is C14H17NO. The quantitative estimate of drug-likeness (QED) is 0.742. The predicted molar refractivity (Wildman–Crippen MR) is 64.4 cm³/mol. The minimum atomic E-state index is 0.204. The fraction of sp³-hybridized carbons (Fsp3) is 0.500. The van der Waals surface area contributed by atoms with Crippen LogP contribution in [0.1, 0.15) is 31.7 Å². The molecule has 1 aromatic rings. The first kappa shape index (κ1) is 9.88. The predicted octanol–water partition coefficient (Wildman–Crippen LogP) is 3.17. The highest BCUT2D eigenvalue weighted by atomic mass is 16.6. The van der Waals surface area contributed by atoms with E-state index in [-0.39, 0.29) is 11.5 Å². The van der Waals surface area contributed by atoms with Crippen molar-refractivity contribution >= 4 is 5.71 Å². The van der Waals surface area contributed by atoms with Crippen molar-refractivity contribution in [2.45, 2.75) is 38.7 Å². The van der Waals surface area contributed by atoms with E-state index in [1.807, 2.05) is 0 Å². The van der Waals surface area contributed by atoms with E-state index < -0.39 is 0 Å². The first-order valence-electron chi connectivity index (χ1n) is 6.06. The number of benzene rings is 1. The van der Waals surface area contributed by atoms with Gasteiger partial charge in [0.15, 0.2) is 0 Å².